The molecule has 182 valence electrons. The summed E-state index contributed by atoms with van der Waals surface area (Å²) in [6, 6.07) is 11.0. The minimum absolute atomic E-state index is 0.327. The number of pyridine rings is 1. The van der Waals surface area contributed by atoms with E-state index in [1.54, 1.807) is 17.0 Å². The number of allylic oxidation sites excluding steroid dienone is 3. The molecule has 0 saturated carbocycles. The van der Waals surface area contributed by atoms with E-state index in [-0.39, 0.29) is 6.09 Å². The molecule has 2 heterocycles. The normalized spacial score (nSPS) is 15.8. The number of hydrogen-bond donors (Lipinski definition) is 1. The summed E-state index contributed by atoms with van der Waals surface area (Å²) in [5.41, 5.74) is 8.52. The van der Waals surface area contributed by atoms with E-state index in [2.05, 4.69) is 12.2 Å². The second kappa shape index (κ2) is 10.2. The van der Waals surface area contributed by atoms with Gasteiger partial charge in [-0.3, -0.25) is 4.79 Å². The van der Waals surface area contributed by atoms with Crippen LogP contribution in [0.2, 0.25) is 0 Å². The molecule has 2 aromatic rings. The van der Waals surface area contributed by atoms with Gasteiger partial charge >= 0.3 is 6.09 Å². The fourth-order valence-corrected chi connectivity index (χ4v) is 3.93. The number of rotatable bonds is 5. The average Bonchev–Trinajstić information content (AvgIpc) is 2.84. The zero-order valence-electron chi connectivity index (χ0n) is 20.4. The number of nitrogens with zero attached hydrogens (tertiary/aromatic N) is 2. The number of ether oxygens (including phenoxy) is 2. The maximum absolute atomic E-state index is 12.4. The number of amides is 2. The molecule has 0 bridgehead atoms. The first-order chi connectivity index (χ1) is 16.7. The molecule has 35 heavy (non-hydrogen) atoms. The third-order valence-corrected chi connectivity index (χ3v) is 5.67. The number of hydrogen-bond acceptors (Lipinski definition) is 5. The standard InChI is InChI=1S/C28H31N3O4/c1-28(2,3)35-27(33)31-17-15-19(16-18-31)24-14-13-23(26(29)32)25(30-24)20-9-11-22(12-10-20)34-21-7-5-4-6-8-21/h5,7-15H,4,6,16-18H2,1-3H3,(H2,29,32). The Morgan fingerprint density at radius 1 is 1.03 bits per heavy atom. The second-order valence-corrected chi connectivity index (χ2v) is 9.58. The van der Waals surface area contributed by atoms with Crippen molar-refractivity contribution in [1.82, 2.24) is 9.88 Å². The highest BCUT2D eigenvalue weighted by atomic mass is 16.6. The van der Waals surface area contributed by atoms with Gasteiger partial charge in [-0.1, -0.05) is 12.2 Å². The van der Waals surface area contributed by atoms with E-state index in [4.69, 9.17) is 20.2 Å². The summed E-state index contributed by atoms with van der Waals surface area (Å²) in [7, 11) is 0. The first-order valence-corrected chi connectivity index (χ1v) is 11.8. The Hall–Kier alpha value is -3.87. The molecule has 1 aliphatic heterocycles. The Morgan fingerprint density at radius 3 is 2.40 bits per heavy atom. The fraction of sp³-hybridized carbons (Fsp3) is 0.321. The molecule has 4 rings (SSSR count). The first kappa shape index (κ1) is 24.3. The topological polar surface area (TPSA) is 94.8 Å². The minimum atomic E-state index is -0.536. The van der Waals surface area contributed by atoms with Gasteiger partial charge in [0.15, 0.2) is 0 Å². The lowest BCUT2D eigenvalue weighted by atomic mass is 10.00. The first-order valence-electron chi connectivity index (χ1n) is 11.8. The van der Waals surface area contributed by atoms with Crippen LogP contribution in [-0.4, -0.2) is 40.6 Å². The van der Waals surface area contributed by atoms with Crippen LogP contribution in [0.25, 0.3) is 16.8 Å². The van der Waals surface area contributed by atoms with Gasteiger partial charge in [0.05, 0.1) is 17.0 Å². The van der Waals surface area contributed by atoms with Crippen molar-refractivity contribution in [1.29, 1.82) is 0 Å². The van der Waals surface area contributed by atoms with Crippen LogP contribution in [0.3, 0.4) is 0 Å². The number of carbonyl (C=O) groups is 2. The predicted molar refractivity (Wildman–Crippen MR) is 136 cm³/mol. The Kier molecular flexibility index (Phi) is 7.05. The van der Waals surface area contributed by atoms with Crippen molar-refractivity contribution < 1.29 is 19.1 Å². The molecule has 2 aliphatic rings. The van der Waals surface area contributed by atoms with Crippen molar-refractivity contribution in [3.05, 3.63) is 77.7 Å². The summed E-state index contributed by atoms with van der Waals surface area (Å²) >= 11 is 0. The highest BCUT2D eigenvalue weighted by Gasteiger charge is 2.24. The molecule has 0 saturated heterocycles. The zero-order chi connectivity index (χ0) is 25.0. The summed E-state index contributed by atoms with van der Waals surface area (Å²) in [6.45, 7) is 6.53. The van der Waals surface area contributed by atoms with Crippen molar-refractivity contribution in [2.75, 3.05) is 13.1 Å². The lowest BCUT2D eigenvalue weighted by Gasteiger charge is -2.29. The number of benzene rings is 1. The molecule has 2 amide bonds. The Morgan fingerprint density at radius 2 is 1.80 bits per heavy atom. The molecule has 1 aromatic heterocycles. The van der Waals surface area contributed by atoms with Gasteiger partial charge in [-0.15, -0.1) is 0 Å². The Balaban J connectivity index is 1.54. The molecule has 7 nitrogen and oxygen atoms in total. The molecule has 1 aliphatic carbocycles. The molecule has 2 N–H and O–H groups in total. The second-order valence-electron chi connectivity index (χ2n) is 9.58. The minimum Gasteiger partial charge on any atom is -0.458 e. The van der Waals surface area contributed by atoms with Gasteiger partial charge < -0.3 is 20.1 Å². The lowest BCUT2D eigenvalue weighted by molar-refractivity contribution is 0.0270. The highest BCUT2D eigenvalue weighted by Crippen LogP contribution is 2.29. The summed E-state index contributed by atoms with van der Waals surface area (Å²) in [4.78, 5) is 30.9. The van der Waals surface area contributed by atoms with Crippen LogP contribution in [0.4, 0.5) is 4.79 Å². The molecule has 0 fully saturated rings. The van der Waals surface area contributed by atoms with Crippen LogP contribution < -0.4 is 10.5 Å². The molecular weight excluding hydrogens is 442 g/mol. The van der Waals surface area contributed by atoms with E-state index < -0.39 is 11.5 Å². The Bertz CT molecular complexity index is 1200. The summed E-state index contributed by atoms with van der Waals surface area (Å²) < 4.78 is 11.4. The van der Waals surface area contributed by atoms with Crippen LogP contribution in [-0.2, 0) is 4.74 Å². The maximum atomic E-state index is 12.4. The van der Waals surface area contributed by atoms with Gasteiger partial charge in [0.1, 0.15) is 17.1 Å². The zero-order valence-corrected chi connectivity index (χ0v) is 20.4. The van der Waals surface area contributed by atoms with Crippen LogP contribution >= 0.6 is 0 Å². The third-order valence-electron chi connectivity index (χ3n) is 5.67. The molecule has 0 unspecified atom stereocenters. The van der Waals surface area contributed by atoms with E-state index in [0.29, 0.717) is 36.5 Å². The highest BCUT2D eigenvalue weighted by molar-refractivity contribution is 5.99. The van der Waals surface area contributed by atoms with E-state index in [1.165, 1.54) is 0 Å². The van der Waals surface area contributed by atoms with Gasteiger partial charge in [0, 0.05) is 18.7 Å². The van der Waals surface area contributed by atoms with Gasteiger partial charge in [0.25, 0.3) is 5.91 Å². The third kappa shape index (κ3) is 6.18. The van der Waals surface area contributed by atoms with Crippen molar-refractivity contribution in [2.24, 2.45) is 5.73 Å². The van der Waals surface area contributed by atoms with Crippen LogP contribution in [0.5, 0.6) is 5.75 Å². The van der Waals surface area contributed by atoms with E-state index in [9.17, 15) is 9.59 Å². The number of aromatic nitrogens is 1. The van der Waals surface area contributed by atoms with Gasteiger partial charge in [0.2, 0.25) is 0 Å². The molecule has 0 spiro atoms. The predicted octanol–water partition coefficient (Wildman–Crippen LogP) is 5.48. The number of carbonyl (C=O) groups excluding carboxylic acids is 2. The van der Waals surface area contributed by atoms with Crippen molar-refractivity contribution >= 4 is 17.6 Å². The molecule has 0 radical (unpaired) electrons. The Labute approximate surface area is 205 Å². The number of primary amides is 1. The molecular formula is C28H31N3O4. The molecule has 7 heteroatoms. The maximum Gasteiger partial charge on any atom is 0.410 e. The quantitative estimate of drug-likeness (QED) is 0.620. The largest absolute Gasteiger partial charge is 0.458 e. The lowest BCUT2D eigenvalue weighted by Crippen LogP contribution is -2.39. The SMILES string of the molecule is CC(C)(C)OC(=O)N1CC=C(c2ccc(C(N)=O)c(-c3ccc(OC4=CCCC=C4)cc3)n2)CC1. The van der Waals surface area contributed by atoms with Crippen LogP contribution in [0.1, 0.15) is 56.1 Å². The van der Waals surface area contributed by atoms with Crippen molar-refractivity contribution in [2.45, 2.75) is 45.6 Å². The fourth-order valence-electron chi connectivity index (χ4n) is 3.93. The van der Waals surface area contributed by atoms with Crippen LogP contribution in [0, 0.1) is 0 Å². The average molecular weight is 474 g/mol. The smallest absolute Gasteiger partial charge is 0.410 e. The van der Waals surface area contributed by atoms with Gasteiger partial charge in [-0.25, -0.2) is 9.78 Å². The van der Waals surface area contributed by atoms with Crippen molar-refractivity contribution in [3.63, 3.8) is 0 Å². The summed E-state index contributed by atoms with van der Waals surface area (Å²) in [6.07, 6.45) is 10.4. The van der Waals surface area contributed by atoms with Gasteiger partial charge in [-0.2, -0.15) is 0 Å². The van der Waals surface area contributed by atoms with Crippen molar-refractivity contribution in [3.8, 4) is 17.0 Å². The monoisotopic (exact) mass is 473 g/mol. The van der Waals surface area contributed by atoms with E-state index in [0.717, 1.165) is 35.4 Å². The van der Waals surface area contributed by atoms with Gasteiger partial charge in [-0.05, 0) is 94.2 Å². The molecule has 1 aromatic carbocycles. The molecule has 0 atom stereocenters. The van der Waals surface area contributed by atoms with E-state index in [1.807, 2.05) is 57.2 Å². The summed E-state index contributed by atoms with van der Waals surface area (Å²) in [5.74, 6) is 0.998. The van der Waals surface area contributed by atoms with Crippen LogP contribution in [0.15, 0.2) is 66.5 Å². The van der Waals surface area contributed by atoms with E-state index >= 15 is 0 Å². The summed E-state index contributed by atoms with van der Waals surface area (Å²) in [5, 5.41) is 0. The number of nitrogens with two attached hydrogens (primary N) is 1.